The van der Waals surface area contributed by atoms with Crippen molar-refractivity contribution in [1.82, 2.24) is 20.2 Å². The Morgan fingerprint density at radius 3 is 2.75 bits per heavy atom. The number of aryl methyl sites for hydroxylation is 1. The zero-order valence-electron chi connectivity index (χ0n) is 13.3. The van der Waals surface area contributed by atoms with E-state index in [4.69, 9.17) is 17.3 Å². The number of nitrogen functional groups attached to an aromatic ring is 1. The Kier molecular flexibility index (Phi) is 3.61. The van der Waals surface area contributed by atoms with Crippen molar-refractivity contribution in [3.63, 3.8) is 0 Å². The fourth-order valence-electron chi connectivity index (χ4n) is 3.07. The fraction of sp³-hybridized carbons (Fsp3) is 0.235. The van der Waals surface area contributed by atoms with Crippen LogP contribution in [-0.2, 0) is 13.0 Å². The van der Waals surface area contributed by atoms with Crippen LogP contribution in [0.1, 0.15) is 17.0 Å². The van der Waals surface area contributed by atoms with Crippen molar-refractivity contribution in [3.8, 4) is 11.3 Å². The molecule has 0 spiro atoms. The first-order valence-electron chi connectivity index (χ1n) is 7.78. The molecule has 3 heterocycles. The van der Waals surface area contributed by atoms with E-state index < -0.39 is 0 Å². The minimum absolute atomic E-state index is 0.306. The molecule has 0 bridgehead atoms. The minimum Gasteiger partial charge on any atom is -0.368 e. The molecule has 0 aliphatic carbocycles. The van der Waals surface area contributed by atoms with Crippen molar-refractivity contribution >= 4 is 23.4 Å². The highest BCUT2D eigenvalue weighted by Gasteiger charge is 2.24. The number of anilines is 2. The molecule has 122 valence electrons. The lowest BCUT2D eigenvalue weighted by molar-refractivity contribution is 0.709. The van der Waals surface area contributed by atoms with Gasteiger partial charge in [-0.2, -0.15) is 10.1 Å². The van der Waals surface area contributed by atoms with Gasteiger partial charge in [0.1, 0.15) is 5.82 Å². The number of hydrogen-bond acceptors (Lipinski definition) is 5. The number of nitrogens with one attached hydrogen (secondary N) is 1. The van der Waals surface area contributed by atoms with Gasteiger partial charge in [0, 0.05) is 53.1 Å². The van der Waals surface area contributed by atoms with E-state index in [2.05, 4.69) is 25.1 Å². The standard InChI is InChI=1S/C17H17ClN6/c1-10-8-15(21-17(19)20-10)24-7-6-14-13(9-24)16(23-22-14)11-2-4-12(18)5-3-11/h2-5,8H,6-7,9H2,1H3,(H,22,23)(H2,19,20,21). The average Bonchev–Trinajstić information content (AvgIpc) is 2.98. The molecule has 2 aromatic heterocycles. The molecule has 24 heavy (non-hydrogen) atoms. The van der Waals surface area contributed by atoms with Gasteiger partial charge in [-0.1, -0.05) is 23.7 Å². The first kappa shape index (κ1) is 15.0. The second kappa shape index (κ2) is 5.79. The van der Waals surface area contributed by atoms with Gasteiger partial charge < -0.3 is 10.6 Å². The zero-order chi connectivity index (χ0) is 16.7. The molecule has 0 amide bonds. The number of benzene rings is 1. The maximum absolute atomic E-state index is 5.99. The van der Waals surface area contributed by atoms with Crippen molar-refractivity contribution in [1.29, 1.82) is 0 Å². The maximum Gasteiger partial charge on any atom is 0.222 e. The molecule has 0 radical (unpaired) electrons. The zero-order valence-corrected chi connectivity index (χ0v) is 14.0. The van der Waals surface area contributed by atoms with Gasteiger partial charge in [-0.15, -0.1) is 0 Å². The van der Waals surface area contributed by atoms with Crippen LogP contribution in [0.2, 0.25) is 5.02 Å². The van der Waals surface area contributed by atoms with E-state index in [9.17, 15) is 0 Å². The molecule has 4 rings (SSSR count). The molecule has 1 aliphatic heterocycles. The van der Waals surface area contributed by atoms with Crippen molar-refractivity contribution in [2.24, 2.45) is 0 Å². The summed E-state index contributed by atoms with van der Waals surface area (Å²) in [6.45, 7) is 3.53. The van der Waals surface area contributed by atoms with E-state index in [1.807, 2.05) is 37.3 Å². The predicted octanol–water partition coefficient (Wildman–Crippen LogP) is 2.97. The number of aromatic nitrogens is 4. The molecule has 1 aliphatic rings. The molecular formula is C17H17ClN6. The molecule has 0 saturated carbocycles. The van der Waals surface area contributed by atoms with Gasteiger partial charge in [0.25, 0.3) is 0 Å². The number of H-pyrrole nitrogens is 1. The van der Waals surface area contributed by atoms with Crippen LogP contribution in [0.3, 0.4) is 0 Å². The van der Waals surface area contributed by atoms with E-state index in [0.29, 0.717) is 5.95 Å². The smallest absolute Gasteiger partial charge is 0.222 e. The Bertz CT molecular complexity index is 866. The monoisotopic (exact) mass is 340 g/mol. The van der Waals surface area contributed by atoms with Crippen LogP contribution in [0.25, 0.3) is 11.3 Å². The Balaban J connectivity index is 1.69. The second-order valence-electron chi connectivity index (χ2n) is 5.93. The number of hydrogen-bond donors (Lipinski definition) is 2. The topological polar surface area (TPSA) is 83.7 Å². The van der Waals surface area contributed by atoms with Crippen LogP contribution in [0.4, 0.5) is 11.8 Å². The molecule has 0 fully saturated rings. The maximum atomic E-state index is 5.99. The average molecular weight is 341 g/mol. The molecule has 7 heteroatoms. The van der Waals surface area contributed by atoms with Crippen molar-refractivity contribution < 1.29 is 0 Å². The van der Waals surface area contributed by atoms with Crippen LogP contribution in [0.15, 0.2) is 30.3 Å². The second-order valence-corrected chi connectivity index (χ2v) is 6.37. The lowest BCUT2D eigenvalue weighted by atomic mass is 10.0. The molecular weight excluding hydrogens is 324 g/mol. The largest absolute Gasteiger partial charge is 0.368 e. The van der Waals surface area contributed by atoms with Gasteiger partial charge in [0.05, 0.1) is 5.69 Å². The van der Waals surface area contributed by atoms with Crippen LogP contribution < -0.4 is 10.6 Å². The highest BCUT2D eigenvalue weighted by Crippen LogP contribution is 2.30. The first-order valence-corrected chi connectivity index (χ1v) is 8.16. The minimum atomic E-state index is 0.306. The Hall–Kier alpha value is -2.60. The number of fused-ring (bicyclic) bond motifs is 1. The number of nitrogens with zero attached hydrogens (tertiary/aromatic N) is 4. The van der Waals surface area contributed by atoms with E-state index in [0.717, 1.165) is 47.3 Å². The summed E-state index contributed by atoms with van der Waals surface area (Å²) in [5, 5.41) is 8.39. The number of aromatic amines is 1. The Morgan fingerprint density at radius 1 is 1.21 bits per heavy atom. The third kappa shape index (κ3) is 2.69. The van der Waals surface area contributed by atoms with Crippen molar-refractivity contribution in [2.75, 3.05) is 17.2 Å². The van der Waals surface area contributed by atoms with Gasteiger partial charge in [-0.3, -0.25) is 5.10 Å². The molecule has 3 N–H and O–H groups in total. The molecule has 0 unspecified atom stereocenters. The number of halogens is 1. The van der Waals surface area contributed by atoms with Gasteiger partial charge in [0.2, 0.25) is 5.95 Å². The summed E-state index contributed by atoms with van der Waals surface area (Å²) in [7, 11) is 0. The lowest BCUT2D eigenvalue weighted by Crippen LogP contribution is -2.31. The van der Waals surface area contributed by atoms with Crippen LogP contribution in [0, 0.1) is 6.92 Å². The van der Waals surface area contributed by atoms with Crippen LogP contribution in [-0.4, -0.2) is 26.7 Å². The van der Waals surface area contributed by atoms with Gasteiger partial charge in [-0.25, -0.2) is 4.98 Å². The Labute approximate surface area is 144 Å². The number of rotatable bonds is 2. The van der Waals surface area contributed by atoms with Crippen LogP contribution >= 0.6 is 11.6 Å². The highest BCUT2D eigenvalue weighted by molar-refractivity contribution is 6.30. The van der Waals surface area contributed by atoms with Gasteiger partial charge in [-0.05, 0) is 19.1 Å². The summed E-state index contributed by atoms with van der Waals surface area (Å²) in [5.41, 5.74) is 11.0. The molecule has 3 aromatic rings. The van der Waals surface area contributed by atoms with E-state index in [1.165, 1.54) is 11.3 Å². The third-order valence-electron chi connectivity index (χ3n) is 4.23. The lowest BCUT2D eigenvalue weighted by Gasteiger charge is -2.28. The Morgan fingerprint density at radius 2 is 2.00 bits per heavy atom. The van der Waals surface area contributed by atoms with Crippen LogP contribution in [0.5, 0.6) is 0 Å². The quantitative estimate of drug-likeness (QED) is 0.749. The SMILES string of the molecule is Cc1cc(N2CCc3[nH]nc(-c4ccc(Cl)cc4)c3C2)nc(N)n1. The van der Waals surface area contributed by atoms with E-state index in [1.54, 1.807) is 0 Å². The summed E-state index contributed by atoms with van der Waals surface area (Å²) in [4.78, 5) is 10.7. The molecule has 6 nitrogen and oxygen atoms in total. The van der Waals surface area contributed by atoms with Gasteiger partial charge >= 0.3 is 0 Å². The normalized spacial score (nSPS) is 13.8. The fourth-order valence-corrected chi connectivity index (χ4v) is 3.20. The predicted molar refractivity (Wildman–Crippen MR) is 95.0 cm³/mol. The molecule has 0 saturated heterocycles. The summed E-state index contributed by atoms with van der Waals surface area (Å²) in [6.07, 6.45) is 0.888. The summed E-state index contributed by atoms with van der Waals surface area (Å²) >= 11 is 5.99. The van der Waals surface area contributed by atoms with Crippen molar-refractivity contribution in [3.05, 3.63) is 52.3 Å². The van der Waals surface area contributed by atoms with E-state index >= 15 is 0 Å². The molecule has 1 aromatic carbocycles. The highest BCUT2D eigenvalue weighted by atomic mass is 35.5. The molecule has 0 atom stereocenters. The number of nitrogens with two attached hydrogens (primary N) is 1. The summed E-state index contributed by atoms with van der Waals surface area (Å²) in [5.74, 6) is 1.16. The van der Waals surface area contributed by atoms with E-state index in [-0.39, 0.29) is 0 Å². The van der Waals surface area contributed by atoms with Gasteiger partial charge in [0.15, 0.2) is 0 Å². The third-order valence-corrected chi connectivity index (χ3v) is 4.49. The summed E-state index contributed by atoms with van der Waals surface area (Å²) < 4.78 is 0. The first-order chi connectivity index (χ1) is 11.6. The summed E-state index contributed by atoms with van der Waals surface area (Å²) in [6, 6.07) is 9.71. The van der Waals surface area contributed by atoms with Crippen molar-refractivity contribution in [2.45, 2.75) is 19.9 Å².